The highest BCUT2D eigenvalue weighted by atomic mass is 32.2. The van der Waals surface area contributed by atoms with Crippen LogP contribution in [0, 0.1) is 10.1 Å². The van der Waals surface area contributed by atoms with Crippen molar-refractivity contribution in [3.63, 3.8) is 0 Å². The molecule has 0 aliphatic carbocycles. The van der Waals surface area contributed by atoms with E-state index in [1.54, 1.807) is 0 Å². The molecular weight excluding hydrogens is 311 g/mol. The number of rotatable bonds is 4. The fourth-order valence-electron chi connectivity index (χ4n) is 1.13. The van der Waals surface area contributed by atoms with E-state index in [0.29, 0.717) is 17.4 Å². The summed E-state index contributed by atoms with van der Waals surface area (Å²) in [6.07, 6.45) is -4.71. The molecule has 0 saturated carbocycles. The normalized spacial score (nSPS) is 12.9. The van der Waals surface area contributed by atoms with Crippen LogP contribution >= 0.6 is 11.3 Å². The van der Waals surface area contributed by atoms with E-state index in [9.17, 15) is 31.7 Å². The van der Waals surface area contributed by atoms with Gasteiger partial charge in [-0.2, -0.15) is 17.5 Å². The summed E-state index contributed by atoms with van der Waals surface area (Å²) >= 11 is 0.343. The van der Waals surface area contributed by atoms with Crippen LogP contribution in [0.5, 0.6) is 0 Å². The molecule has 0 amide bonds. The maximum absolute atomic E-state index is 12.1. The first-order valence-electron chi connectivity index (χ1n) is 4.52. The summed E-state index contributed by atoms with van der Waals surface area (Å²) in [5, 5.41) is 10.1. The van der Waals surface area contributed by atoms with E-state index < -0.39 is 37.6 Å². The van der Waals surface area contributed by atoms with Gasteiger partial charge < -0.3 is 5.73 Å². The van der Waals surface area contributed by atoms with Gasteiger partial charge in [-0.25, -0.2) is 8.42 Å². The molecule has 0 unspecified atom stereocenters. The van der Waals surface area contributed by atoms with Gasteiger partial charge in [0.25, 0.3) is 10.0 Å². The second kappa shape index (κ2) is 4.94. The molecule has 0 radical (unpaired) electrons. The Kier molecular flexibility index (Phi) is 4.07. The van der Waals surface area contributed by atoms with Crippen LogP contribution in [0.1, 0.15) is 0 Å². The van der Waals surface area contributed by atoms with Crippen molar-refractivity contribution < 1.29 is 26.5 Å². The zero-order valence-electron chi connectivity index (χ0n) is 9.34. The van der Waals surface area contributed by atoms with Gasteiger partial charge >= 0.3 is 11.9 Å². The molecule has 1 heterocycles. The lowest BCUT2D eigenvalue weighted by molar-refractivity contribution is -0.383. The van der Waals surface area contributed by atoms with E-state index in [2.05, 4.69) is 0 Å². The van der Waals surface area contributed by atoms with Crippen molar-refractivity contribution >= 4 is 32.0 Å². The fourth-order valence-corrected chi connectivity index (χ4v) is 3.72. The third-order valence-corrected chi connectivity index (χ3v) is 5.19. The highest BCUT2D eigenvalue weighted by Gasteiger charge is 2.36. The predicted molar refractivity (Wildman–Crippen MR) is 61.3 cm³/mol. The maximum atomic E-state index is 12.1. The smallest absolute Gasteiger partial charge is 0.385 e. The van der Waals surface area contributed by atoms with Crippen molar-refractivity contribution in [1.82, 2.24) is 4.31 Å². The van der Waals surface area contributed by atoms with Crippen LogP contribution in [0.25, 0.3) is 0 Å². The summed E-state index contributed by atoms with van der Waals surface area (Å²) in [5.74, 6) is 0. The van der Waals surface area contributed by atoms with Crippen LogP contribution in [0.2, 0.25) is 0 Å². The number of alkyl halides is 3. The van der Waals surface area contributed by atoms with Crippen molar-refractivity contribution in [1.29, 1.82) is 0 Å². The van der Waals surface area contributed by atoms with Crippen molar-refractivity contribution in [2.45, 2.75) is 10.4 Å². The second-order valence-corrected chi connectivity index (χ2v) is 6.80. The summed E-state index contributed by atoms with van der Waals surface area (Å²) < 4.78 is 59.3. The highest BCUT2D eigenvalue weighted by Crippen LogP contribution is 2.36. The van der Waals surface area contributed by atoms with Gasteiger partial charge in [-0.1, -0.05) is 11.3 Å². The Hall–Kier alpha value is -1.40. The predicted octanol–water partition coefficient (Wildman–Crippen LogP) is 1.42. The van der Waals surface area contributed by atoms with Crippen molar-refractivity contribution in [3.05, 3.63) is 16.2 Å². The fraction of sp³-hybridized carbons (Fsp3) is 0.429. The minimum Gasteiger partial charge on any atom is -0.385 e. The van der Waals surface area contributed by atoms with Crippen LogP contribution < -0.4 is 5.73 Å². The summed E-state index contributed by atoms with van der Waals surface area (Å²) in [5.41, 5.74) is 4.59. The van der Waals surface area contributed by atoms with E-state index in [-0.39, 0.29) is 9.31 Å². The molecular formula is C7H8F3N3O4S2. The summed E-state index contributed by atoms with van der Waals surface area (Å²) in [6.45, 7) is -1.69. The molecule has 19 heavy (non-hydrogen) atoms. The maximum Gasteiger partial charge on any atom is 0.402 e. The number of nitro groups is 1. The highest BCUT2D eigenvalue weighted by molar-refractivity contribution is 7.91. The lowest BCUT2D eigenvalue weighted by atomic mass is 10.5. The lowest BCUT2D eigenvalue weighted by Gasteiger charge is -2.17. The van der Waals surface area contributed by atoms with E-state index >= 15 is 0 Å². The van der Waals surface area contributed by atoms with Gasteiger partial charge in [0.05, 0.1) is 4.92 Å². The first-order chi connectivity index (χ1) is 8.45. The SMILES string of the molecule is CN(CC(F)(F)F)S(=O)(=O)c1cc([N+](=O)[O-])c(N)s1. The topological polar surface area (TPSA) is 107 Å². The molecule has 12 heteroatoms. The number of halogens is 3. The van der Waals surface area contributed by atoms with Crippen LogP contribution in [-0.2, 0) is 10.0 Å². The molecule has 1 rings (SSSR count). The Labute approximate surface area is 109 Å². The number of nitrogens with zero attached hydrogens (tertiary/aromatic N) is 2. The molecule has 1 aromatic heterocycles. The molecule has 0 saturated heterocycles. The Morgan fingerprint density at radius 2 is 2.05 bits per heavy atom. The Bertz CT molecular complexity index is 595. The van der Waals surface area contributed by atoms with Gasteiger partial charge in [-0.05, 0) is 0 Å². The van der Waals surface area contributed by atoms with Crippen molar-refractivity contribution in [3.8, 4) is 0 Å². The van der Waals surface area contributed by atoms with Gasteiger partial charge in [-0.15, -0.1) is 0 Å². The molecule has 0 fully saturated rings. The van der Waals surface area contributed by atoms with E-state index in [1.807, 2.05) is 0 Å². The number of anilines is 1. The molecule has 1 aromatic rings. The van der Waals surface area contributed by atoms with Gasteiger partial charge in [-0.3, -0.25) is 10.1 Å². The number of hydrogen-bond donors (Lipinski definition) is 1. The Morgan fingerprint density at radius 3 is 2.42 bits per heavy atom. The molecule has 0 aromatic carbocycles. The average Bonchev–Trinajstić information content (AvgIpc) is 2.58. The van der Waals surface area contributed by atoms with Crippen LogP contribution in [0.4, 0.5) is 23.9 Å². The first-order valence-corrected chi connectivity index (χ1v) is 6.77. The minimum atomic E-state index is -4.71. The summed E-state index contributed by atoms with van der Waals surface area (Å²) in [7, 11) is -3.73. The largest absolute Gasteiger partial charge is 0.402 e. The standard InChI is InChI=1S/C7H8F3N3O4S2/c1-12(3-7(8,9)10)19(16,17)5-2-4(13(14)15)6(11)18-5/h2H,3,11H2,1H3. The molecule has 0 bridgehead atoms. The van der Waals surface area contributed by atoms with E-state index in [1.165, 1.54) is 0 Å². The van der Waals surface area contributed by atoms with Crippen molar-refractivity contribution in [2.24, 2.45) is 0 Å². The van der Waals surface area contributed by atoms with Crippen LogP contribution in [0.15, 0.2) is 10.3 Å². The van der Waals surface area contributed by atoms with Crippen molar-refractivity contribution in [2.75, 3.05) is 19.3 Å². The zero-order chi connectivity index (χ0) is 15.0. The summed E-state index contributed by atoms with van der Waals surface area (Å²) in [4.78, 5) is 9.60. The molecule has 0 spiro atoms. The lowest BCUT2D eigenvalue weighted by Crippen LogP contribution is -2.35. The third-order valence-electron chi connectivity index (χ3n) is 1.98. The van der Waals surface area contributed by atoms with Gasteiger partial charge in [0, 0.05) is 13.1 Å². The van der Waals surface area contributed by atoms with Gasteiger partial charge in [0.2, 0.25) is 0 Å². The monoisotopic (exact) mass is 319 g/mol. The number of hydrogen-bond acceptors (Lipinski definition) is 6. The third kappa shape index (κ3) is 3.54. The molecule has 2 N–H and O–H groups in total. The molecule has 108 valence electrons. The van der Waals surface area contributed by atoms with Crippen LogP contribution in [0.3, 0.4) is 0 Å². The quantitative estimate of drug-likeness (QED) is 0.667. The minimum absolute atomic E-state index is 0.0575. The number of sulfonamides is 1. The molecule has 0 atom stereocenters. The first kappa shape index (κ1) is 15.7. The number of nitrogen functional groups attached to an aromatic ring is 1. The Morgan fingerprint density at radius 1 is 1.53 bits per heavy atom. The second-order valence-electron chi connectivity index (χ2n) is 3.45. The number of nitrogens with two attached hydrogens (primary N) is 1. The Balaban J connectivity index is 3.14. The van der Waals surface area contributed by atoms with Gasteiger partial charge in [0.1, 0.15) is 10.8 Å². The van der Waals surface area contributed by atoms with E-state index in [0.717, 1.165) is 7.05 Å². The van der Waals surface area contributed by atoms with Gasteiger partial charge in [0.15, 0.2) is 5.00 Å². The number of thiophene rings is 1. The zero-order valence-corrected chi connectivity index (χ0v) is 11.0. The van der Waals surface area contributed by atoms with Crippen LogP contribution in [-0.4, -0.2) is 37.4 Å². The molecule has 7 nitrogen and oxygen atoms in total. The average molecular weight is 319 g/mol. The summed E-state index contributed by atoms with van der Waals surface area (Å²) in [6, 6.07) is 0.641. The van der Waals surface area contributed by atoms with E-state index in [4.69, 9.17) is 5.73 Å². The molecule has 0 aliphatic heterocycles. The molecule has 0 aliphatic rings.